The molecule has 1 heteroatoms. The van der Waals surface area contributed by atoms with Crippen molar-refractivity contribution in [2.45, 2.75) is 36.8 Å². The van der Waals surface area contributed by atoms with E-state index in [1.807, 2.05) is 11.8 Å². The molecule has 0 nitrogen and oxygen atoms in total. The van der Waals surface area contributed by atoms with Crippen LogP contribution in [0.5, 0.6) is 0 Å². The summed E-state index contributed by atoms with van der Waals surface area (Å²) in [6.45, 7) is 6.77. The van der Waals surface area contributed by atoms with E-state index in [2.05, 4.69) is 75.4 Å². The highest BCUT2D eigenvalue weighted by atomic mass is 32.2. The van der Waals surface area contributed by atoms with Gasteiger partial charge in [-0.25, -0.2) is 0 Å². The van der Waals surface area contributed by atoms with Crippen molar-refractivity contribution >= 4 is 17.3 Å². The number of benzene rings is 2. The standard InChI is InChI=1S/C19H20S/c1-4-14-9-11-15(12-10-14)17-13-19(2,3)20-18-8-6-5-7-16(17)18/h5-13H,4H2,1-3H3. The normalized spacial score (nSPS) is 16.4. The van der Waals surface area contributed by atoms with Gasteiger partial charge in [-0.05, 0) is 48.6 Å². The van der Waals surface area contributed by atoms with Crippen molar-refractivity contribution in [2.24, 2.45) is 0 Å². The molecule has 0 saturated carbocycles. The molecule has 0 aliphatic carbocycles. The maximum Gasteiger partial charge on any atom is 0.0339 e. The molecule has 1 aliphatic rings. The van der Waals surface area contributed by atoms with Crippen LogP contribution in [-0.4, -0.2) is 4.75 Å². The Balaban J connectivity index is 2.11. The van der Waals surface area contributed by atoms with Crippen molar-refractivity contribution in [1.29, 1.82) is 0 Å². The predicted molar refractivity (Wildman–Crippen MR) is 89.3 cm³/mol. The highest BCUT2D eigenvalue weighted by Gasteiger charge is 2.26. The van der Waals surface area contributed by atoms with E-state index in [4.69, 9.17) is 0 Å². The first-order chi connectivity index (χ1) is 9.59. The summed E-state index contributed by atoms with van der Waals surface area (Å²) in [6, 6.07) is 17.7. The summed E-state index contributed by atoms with van der Waals surface area (Å²) in [4.78, 5) is 1.38. The Labute approximate surface area is 125 Å². The predicted octanol–water partition coefficient (Wildman–Crippen LogP) is 5.57. The molecule has 0 N–H and O–H groups in total. The third-order valence-electron chi connectivity index (χ3n) is 3.72. The number of fused-ring (bicyclic) bond motifs is 1. The number of rotatable bonds is 2. The summed E-state index contributed by atoms with van der Waals surface area (Å²) >= 11 is 1.94. The molecule has 1 heterocycles. The molecule has 0 aromatic heterocycles. The molecule has 0 unspecified atom stereocenters. The molecule has 3 rings (SSSR count). The van der Waals surface area contributed by atoms with Crippen molar-refractivity contribution in [3.63, 3.8) is 0 Å². The van der Waals surface area contributed by atoms with Crippen LogP contribution in [0, 0.1) is 0 Å². The summed E-state index contributed by atoms with van der Waals surface area (Å²) in [5.74, 6) is 0. The minimum atomic E-state index is 0.146. The Morgan fingerprint density at radius 2 is 1.65 bits per heavy atom. The van der Waals surface area contributed by atoms with Gasteiger partial charge in [0, 0.05) is 9.64 Å². The average molecular weight is 280 g/mol. The molecule has 20 heavy (non-hydrogen) atoms. The second-order valence-electron chi connectivity index (χ2n) is 5.81. The maximum absolute atomic E-state index is 2.40. The molecule has 0 atom stereocenters. The van der Waals surface area contributed by atoms with Gasteiger partial charge in [-0.1, -0.05) is 55.5 Å². The first-order valence-electron chi connectivity index (χ1n) is 7.19. The quantitative estimate of drug-likeness (QED) is 0.693. The zero-order valence-electron chi connectivity index (χ0n) is 12.3. The Bertz CT molecular complexity index is 648. The Morgan fingerprint density at radius 1 is 0.950 bits per heavy atom. The molecular weight excluding hydrogens is 260 g/mol. The lowest BCUT2D eigenvalue weighted by Crippen LogP contribution is -2.16. The van der Waals surface area contributed by atoms with E-state index in [9.17, 15) is 0 Å². The second-order valence-corrected chi connectivity index (χ2v) is 7.51. The Hall–Kier alpha value is -1.47. The van der Waals surface area contributed by atoms with Crippen LogP contribution >= 0.6 is 11.8 Å². The van der Waals surface area contributed by atoms with E-state index in [1.165, 1.54) is 27.2 Å². The second kappa shape index (κ2) is 5.14. The first-order valence-corrected chi connectivity index (χ1v) is 8.01. The van der Waals surface area contributed by atoms with Gasteiger partial charge >= 0.3 is 0 Å². The molecular formula is C19H20S. The summed E-state index contributed by atoms with van der Waals surface area (Å²) in [7, 11) is 0. The Morgan fingerprint density at radius 3 is 2.35 bits per heavy atom. The van der Waals surface area contributed by atoms with E-state index >= 15 is 0 Å². The van der Waals surface area contributed by atoms with Gasteiger partial charge in [0.2, 0.25) is 0 Å². The van der Waals surface area contributed by atoms with Crippen LogP contribution in [0.15, 0.2) is 59.5 Å². The highest BCUT2D eigenvalue weighted by Crippen LogP contribution is 2.45. The zero-order valence-corrected chi connectivity index (χ0v) is 13.1. The summed E-state index contributed by atoms with van der Waals surface area (Å²) in [5.41, 5.74) is 5.45. The Kier molecular flexibility index (Phi) is 3.47. The van der Waals surface area contributed by atoms with E-state index in [-0.39, 0.29) is 4.75 Å². The van der Waals surface area contributed by atoms with E-state index < -0.39 is 0 Å². The minimum absolute atomic E-state index is 0.146. The molecule has 0 bridgehead atoms. The van der Waals surface area contributed by atoms with Crippen molar-refractivity contribution < 1.29 is 0 Å². The van der Waals surface area contributed by atoms with Crippen molar-refractivity contribution in [2.75, 3.05) is 0 Å². The molecule has 102 valence electrons. The van der Waals surface area contributed by atoms with Gasteiger partial charge in [-0.2, -0.15) is 0 Å². The summed E-state index contributed by atoms with van der Waals surface area (Å²) in [6.07, 6.45) is 3.50. The van der Waals surface area contributed by atoms with Crippen LogP contribution in [0.4, 0.5) is 0 Å². The van der Waals surface area contributed by atoms with Crippen molar-refractivity contribution in [1.82, 2.24) is 0 Å². The van der Waals surface area contributed by atoms with Crippen LogP contribution in [0.1, 0.15) is 37.5 Å². The maximum atomic E-state index is 2.40. The van der Waals surface area contributed by atoms with Crippen LogP contribution < -0.4 is 0 Å². The lowest BCUT2D eigenvalue weighted by Gasteiger charge is -2.29. The van der Waals surface area contributed by atoms with Crippen molar-refractivity contribution in [3.8, 4) is 0 Å². The molecule has 2 aromatic carbocycles. The fourth-order valence-electron chi connectivity index (χ4n) is 2.68. The van der Waals surface area contributed by atoms with Gasteiger partial charge in [-0.15, -0.1) is 11.8 Å². The molecule has 2 aromatic rings. The van der Waals surface area contributed by atoms with Gasteiger partial charge in [-0.3, -0.25) is 0 Å². The van der Waals surface area contributed by atoms with Gasteiger partial charge < -0.3 is 0 Å². The number of hydrogen-bond acceptors (Lipinski definition) is 1. The summed E-state index contributed by atoms with van der Waals surface area (Å²) in [5, 5.41) is 0. The molecule has 0 saturated heterocycles. The average Bonchev–Trinajstić information content (AvgIpc) is 2.45. The summed E-state index contributed by atoms with van der Waals surface area (Å²) < 4.78 is 0.146. The first kappa shape index (κ1) is 13.5. The van der Waals surface area contributed by atoms with E-state index in [0.29, 0.717) is 0 Å². The van der Waals surface area contributed by atoms with Gasteiger partial charge in [0.1, 0.15) is 0 Å². The fraction of sp³-hybridized carbons (Fsp3) is 0.263. The molecule has 1 aliphatic heterocycles. The molecule has 0 fully saturated rings. The lowest BCUT2D eigenvalue weighted by molar-refractivity contribution is 0.892. The number of aryl methyl sites for hydroxylation is 1. The largest absolute Gasteiger partial charge is 0.115 e. The van der Waals surface area contributed by atoms with Gasteiger partial charge in [0.25, 0.3) is 0 Å². The smallest absolute Gasteiger partial charge is 0.0339 e. The minimum Gasteiger partial charge on any atom is -0.115 e. The third-order valence-corrected chi connectivity index (χ3v) is 4.94. The van der Waals surface area contributed by atoms with Crippen LogP contribution in [-0.2, 0) is 6.42 Å². The molecule has 0 amide bonds. The fourth-order valence-corrected chi connectivity index (χ4v) is 3.85. The van der Waals surface area contributed by atoms with E-state index in [1.54, 1.807) is 0 Å². The van der Waals surface area contributed by atoms with Gasteiger partial charge in [0.15, 0.2) is 0 Å². The number of thioether (sulfide) groups is 1. The topological polar surface area (TPSA) is 0 Å². The highest BCUT2D eigenvalue weighted by molar-refractivity contribution is 8.01. The molecule has 0 radical (unpaired) electrons. The monoisotopic (exact) mass is 280 g/mol. The SMILES string of the molecule is CCc1ccc(C2=CC(C)(C)Sc3ccccc32)cc1. The van der Waals surface area contributed by atoms with Crippen LogP contribution in [0.25, 0.3) is 5.57 Å². The lowest BCUT2D eigenvalue weighted by atomic mass is 9.93. The molecule has 0 spiro atoms. The third kappa shape index (κ3) is 2.55. The zero-order chi connectivity index (χ0) is 14.2. The van der Waals surface area contributed by atoms with Crippen LogP contribution in [0.3, 0.4) is 0 Å². The van der Waals surface area contributed by atoms with Crippen LogP contribution in [0.2, 0.25) is 0 Å². The van der Waals surface area contributed by atoms with Crippen molar-refractivity contribution in [3.05, 3.63) is 71.3 Å². The van der Waals surface area contributed by atoms with Gasteiger partial charge in [0.05, 0.1) is 0 Å². The van der Waals surface area contributed by atoms with E-state index in [0.717, 1.165) is 6.42 Å². The number of hydrogen-bond donors (Lipinski definition) is 0.